The van der Waals surface area contributed by atoms with Crippen LogP contribution in [0.5, 0.6) is 5.75 Å². The van der Waals surface area contributed by atoms with Crippen molar-refractivity contribution in [3.8, 4) is 5.75 Å². The molecule has 1 aromatic carbocycles. The van der Waals surface area contributed by atoms with Crippen LogP contribution >= 0.6 is 11.3 Å². The van der Waals surface area contributed by atoms with Crippen LogP contribution in [-0.2, 0) is 14.3 Å². The Balaban J connectivity index is 1.53. The number of nitrogens with zero attached hydrogens (tertiary/aromatic N) is 1. The highest BCUT2D eigenvalue weighted by Gasteiger charge is 2.10. The lowest BCUT2D eigenvalue weighted by molar-refractivity contribution is -0.142. The van der Waals surface area contributed by atoms with Crippen LogP contribution in [0, 0.1) is 0 Å². The first-order chi connectivity index (χ1) is 12.1. The predicted octanol–water partition coefficient (Wildman–Crippen LogP) is 3.09. The minimum atomic E-state index is -0.638. The van der Waals surface area contributed by atoms with Gasteiger partial charge in [0.1, 0.15) is 11.5 Å². The zero-order valence-corrected chi connectivity index (χ0v) is 14.0. The monoisotopic (exact) mass is 358 g/mol. The Hall–Kier alpha value is -3.13. The lowest BCUT2D eigenvalue weighted by Gasteiger charge is -2.01. The number of carbonyl (C=O) groups excluding carboxylic acids is 2. The number of amides is 1. The van der Waals surface area contributed by atoms with Gasteiger partial charge in [0.05, 0.1) is 23.6 Å². The Kier molecular flexibility index (Phi) is 5.10. The molecule has 7 nitrogen and oxygen atoms in total. The quantitative estimate of drug-likeness (QED) is 0.538. The second-order valence-electron chi connectivity index (χ2n) is 4.86. The highest BCUT2D eigenvalue weighted by Crippen LogP contribution is 2.29. The number of fused-ring (bicyclic) bond motifs is 1. The molecular formula is C17H14N2O5S. The summed E-state index contributed by atoms with van der Waals surface area (Å²) in [5.74, 6) is 0.129. The summed E-state index contributed by atoms with van der Waals surface area (Å²) in [4.78, 5) is 27.7. The van der Waals surface area contributed by atoms with Crippen LogP contribution in [-0.4, -0.2) is 30.6 Å². The van der Waals surface area contributed by atoms with Gasteiger partial charge in [0, 0.05) is 6.08 Å². The van der Waals surface area contributed by atoms with Gasteiger partial charge in [-0.1, -0.05) is 11.3 Å². The molecule has 0 saturated heterocycles. The fraction of sp³-hybridized carbons (Fsp3) is 0.118. The Morgan fingerprint density at radius 1 is 1.36 bits per heavy atom. The maximum atomic E-state index is 11.9. The van der Waals surface area contributed by atoms with Crippen molar-refractivity contribution in [1.82, 2.24) is 4.98 Å². The van der Waals surface area contributed by atoms with Crippen LogP contribution in [0.3, 0.4) is 0 Å². The molecule has 0 atom stereocenters. The maximum absolute atomic E-state index is 11.9. The normalized spacial score (nSPS) is 10.9. The largest absolute Gasteiger partial charge is 0.497 e. The van der Waals surface area contributed by atoms with E-state index in [9.17, 15) is 9.59 Å². The van der Waals surface area contributed by atoms with E-state index in [-0.39, 0.29) is 0 Å². The summed E-state index contributed by atoms with van der Waals surface area (Å²) in [6, 6.07) is 8.83. The third-order valence-electron chi connectivity index (χ3n) is 3.11. The lowest BCUT2D eigenvalue weighted by atomic mass is 10.3. The number of ether oxygens (including phenoxy) is 2. The van der Waals surface area contributed by atoms with Crippen molar-refractivity contribution in [3.05, 3.63) is 48.4 Å². The SMILES string of the molecule is COc1ccc2nc(NC(=O)COC(=O)/C=C/c3ccco3)sc2c1. The number of aromatic nitrogens is 1. The zero-order chi connectivity index (χ0) is 17.6. The molecule has 0 aliphatic carbocycles. The summed E-state index contributed by atoms with van der Waals surface area (Å²) in [6.45, 7) is -0.402. The fourth-order valence-electron chi connectivity index (χ4n) is 1.96. The molecule has 25 heavy (non-hydrogen) atoms. The van der Waals surface area contributed by atoms with Crippen LogP contribution in [0.1, 0.15) is 5.76 Å². The van der Waals surface area contributed by atoms with E-state index < -0.39 is 18.5 Å². The second-order valence-corrected chi connectivity index (χ2v) is 5.89. The molecule has 0 saturated carbocycles. The van der Waals surface area contributed by atoms with Crippen LogP contribution in [0.25, 0.3) is 16.3 Å². The zero-order valence-electron chi connectivity index (χ0n) is 13.2. The van der Waals surface area contributed by atoms with Gasteiger partial charge < -0.3 is 13.9 Å². The molecule has 1 amide bonds. The summed E-state index contributed by atoms with van der Waals surface area (Å²) in [5.41, 5.74) is 0.750. The summed E-state index contributed by atoms with van der Waals surface area (Å²) in [5, 5.41) is 3.03. The molecule has 0 aliphatic rings. The van der Waals surface area contributed by atoms with Crippen LogP contribution in [0.15, 0.2) is 47.1 Å². The average molecular weight is 358 g/mol. The van der Waals surface area contributed by atoms with Crippen LogP contribution < -0.4 is 10.1 Å². The van der Waals surface area contributed by atoms with Gasteiger partial charge >= 0.3 is 5.97 Å². The highest BCUT2D eigenvalue weighted by atomic mass is 32.1. The Labute approximate surface area is 146 Å². The van der Waals surface area contributed by atoms with Gasteiger partial charge in [0.15, 0.2) is 11.7 Å². The van der Waals surface area contributed by atoms with Crippen molar-refractivity contribution in [2.75, 3.05) is 19.0 Å². The van der Waals surface area contributed by atoms with Crippen LogP contribution in [0.2, 0.25) is 0 Å². The van der Waals surface area contributed by atoms with E-state index in [1.807, 2.05) is 6.07 Å². The average Bonchev–Trinajstić information content (AvgIpc) is 3.26. The molecular weight excluding hydrogens is 344 g/mol. The molecule has 0 unspecified atom stereocenters. The van der Waals surface area contributed by atoms with Crippen molar-refractivity contribution in [1.29, 1.82) is 0 Å². The van der Waals surface area contributed by atoms with E-state index >= 15 is 0 Å². The van der Waals surface area contributed by atoms with Crippen molar-refractivity contribution in [2.45, 2.75) is 0 Å². The third kappa shape index (κ3) is 4.45. The Bertz CT molecular complexity index is 914. The number of methoxy groups -OCH3 is 1. The molecule has 0 bridgehead atoms. The van der Waals surface area contributed by atoms with Crippen molar-refractivity contribution >= 4 is 44.6 Å². The number of hydrogen-bond acceptors (Lipinski definition) is 7. The summed E-state index contributed by atoms with van der Waals surface area (Å²) in [6.07, 6.45) is 4.14. The Morgan fingerprint density at radius 2 is 2.24 bits per heavy atom. The first kappa shape index (κ1) is 16.7. The highest BCUT2D eigenvalue weighted by molar-refractivity contribution is 7.22. The minimum Gasteiger partial charge on any atom is -0.497 e. The molecule has 0 radical (unpaired) electrons. The van der Waals surface area contributed by atoms with Gasteiger partial charge in [0.2, 0.25) is 0 Å². The van der Waals surface area contributed by atoms with Gasteiger partial charge in [0.25, 0.3) is 5.91 Å². The van der Waals surface area contributed by atoms with Crippen molar-refractivity contribution < 1.29 is 23.5 Å². The molecule has 0 fully saturated rings. The molecule has 1 N–H and O–H groups in total. The first-order valence-electron chi connectivity index (χ1n) is 7.27. The number of carbonyl (C=O) groups is 2. The van der Waals surface area contributed by atoms with E-state index in [1.54, 1.807) is 31.4 Å². The maximum Gasteiger partial charge on any atom is 0.331 e. The fourth-order valence-corrected chi connectivity index (χ4v) is 2.87. The molecule has 0 aliphatic heterocycles. The third-order valence-corrected chi connectivity index (χ3v) is 4.05. The van der Waals surface area contributed by atoms with E-state index in [0.717, 1.165) is 10.2 Å². The standard InChI is InChI=1S/C17H14N2O5S/c1-22-12-4-6-13-14(9-12)25-17(18-13)19-15(20)10-24-16(21)7-5-11-3-2-8-23-11/h2-9H,10H2,1H3,(H,18,19,20)/b7-5+. The number of furan rings is 1. The number of nitrogens with one attached hydrogen (secondary N) is 1. The van der Waals surface area contributed by atoms with Crippen molar-refractivity contribution in [3.63, 3.8) is 0 Å². The summed E-state index contributed by atoms with van der Waals surface area (Å²) >= 11 is 1.31. The molecule has 128 valence electrons. The topological polar surface area (TPSA) is 90.7 Å². The van der Waals surface area contributed by atoms with Crippen LogP contribution in [0.4, 0.5) is 5.13 Å². The van der Waals surface area contributed by atoms with Gasteiger partial charge in [-0.2, -0.15) is 0 Å². The molecule has 8 heteroatoms. The molecule has 3 rings (SSSR count). The number of esters is 1. The van der Waals surface area contributed by atoms with E-state index in [1.165, 1.54) is 29.8 Å². The molecule has 2 heterocycles. The number of thiazole rings is 1. The predicted molar refractivity (Wildman–Crippen MR) is 93.5 cm³/mol. The van der Waals surface area contributed by atoms with E-state index in [0.29, 0.717) is 16.6 Å². The van der Waals surface area contributed by atoms with E-state index in [2.05, 4.69) is 10.3 Å². The summed E-state index contributed by atoms with van der Waals surface area (Å²) in [7, 11) is 1.58. The smallest absolute Gasteiger partial charge is 0.331 e. The molecule has 2 aromatic heterocycles. The minimum absolute atomic E-state index is 0.402. The summed E-state index contributed by atoms with van der Waals surface area (Å²) < 4.78 is 15.9. The second kappa shape index (κ2) is 7.63. The van der Waals surface area contributed by atoms with E-state index in [4.69, 9.17) is 13.9 Å². The number of benzene rings is 1. The Morgan fingerprint density at radius 3 is 3.00 bits per heavy atom. The number of anilines is 1. The van der Waals surface area contributed by atoms with Gasteiger partial charge in [-0.25, -0.2) is 9.78 Å². The van der Waals surface area contributed by atoms with Crippen molar-refractivity contribution in [2.24, 2.45) is 0 Å². The molecule has 3 aromatic rings. The van der Waals surface area contributed by atoms with Gasteiger partial charge in [-0.05, 0) is 36.4 Å². The molecule has 0 spiro atoms. The lowest BCUT2D eigenvalue weighted by Crippen LogP contribution is -2.19. The number of rotatable bonds is 6. The number of hydrogen-bond donors (Lipinski definition) is 1. The first-order valence-corrected chi connectivity index (χ1v) is 8.08. The van der Waals surface area contributed by atoms with Gasteiger partial charge in [-0.3, -0.25) is 10.1 Å². The van der Waals surface area contributed by atoms with Gasteiger partial charge in [-0.15, -0.1) is 0 Å².